The lowest BCUT2D eigenvalue weighted by Crippen LogP contribution is -1.39. The Morgan fingerprint density at radius 1 is 1.80 bits per heavy atom. The molecule has 0 heterocycles. The van der Waals surface area contributed by atoms with Gasteiger partial charge in [0.2, 0.25) is 0 Å². The van der Waals surface area contributed by atoms with Crippen LogP contribution in [0.3, 0.4) is 0 Å². The van der Waals surface area contributed by atoms with Gasteiger partial charge in [-0.25, -0.2) is 0 Å². The van der Waals surface area contributed by atoms with Crippen molar-refractivity contribution in [1.29, 1.82) is 0 Å². The molecule has 1 nitrogen and oxygen atoms in total. The molecule has 0 spiro atoms. The average Bonchev–Trinajstić information content (AvgIpc) is 1.41. The summed E-state index contributed by atoms with van der Waals surface area (Å²) in [7, 11) is 0. The summed E-state index contributed by atoms with van der Waals surface area (Å²) in [5.41, 5.74) is 0. The first-order valence-corrected chi connectivity index (χ1v) is 2.39. The first-order chi connectivity index (χ1) is 2.41. The summed E-state index contributed by atoms with van der Waals surface area (Å²) in [5, 5.41) is 0. The van der Waals surface area contributed by atoms with Gasteiger partial charge in [-0.2, -0.15) is 0 Å². The molecule has 0 saturated carbocycles. The number of aliphatic imine (C=N–C) groups is 1. The molecule has 0 saturated heterocycles. The first-order valence-electron chi connectivity index (χ1n) is 1.14. The molecule has 0 aliphatic carbocycles. The number of rotatable bonds is 1. The van der Waals surface area contributed by atoms with Crippen molar-refractivity contribution < 1.29 is 0 Å². The molecule has 0 aromatic rings. The number of halogens is 1. The molecule has 0 atom stereocenters. The van der Waals surface area contributed by atoms with Crippen molar-refractivity contribution in [1.82, 2.24) is 0 Å². The van der Waals surface area contributed by atoms with Crippen molar-refractivity contribution in [2.24, 2.45) is 4.99 Å². The van der Waals surface area contributed by atoms with Gasteiger partial charge in [-0.15, -0.1) is 0 Å². The fourth-order valence-electron chi connectivity index (χ4n) is 0.0398. The van der Waals surface area contributed by atoms with E-state index in [0.29, 0.717) is 0 Å². The summed E-state index contributed by atoms with van der Waals surface area (Å²) in [4.78, 5) is 3.60. The Bertz CT molecular complexity index is 48.9. The van der Waals surface area contributed by atoms with Crippen LogP contribution in [0.25, 0.3) is 0 Å². The first kappa shape index (κ1) is 5.14. The van der Waals surface area contributed by atoms with Gasteiger partial charge >= 0.3 is 0 Å². The van der Waals surface area contributed by atoms with Crippen LogP contribution in [0.5, 0.6) is 0 Å². The van der Waals surface area contributed by atoms with Crippen molar-refractivity contribution in [3.05, 3.63) is 12.8 Å². The van der Waals surface area contributed by atoms with E-state index in [2.05, 4.69) is 11.6 Å². The summed E-state index contributed by atoms with van der Waals surface area (Å²) in [6, 6.07) is 0. The van der Waals surface area contributed by atoms with E-state index in [1.165, 1.54) is 6.20 Å². The van der Waals surface area contributed by atoms with Crippen molar-refractivity contribution in [2.75, 3.05) is 0 Å². The smallest absolute Gasteiger partial charge is 0.0650 e. The van der Waals surface area contributed by atoms with E-state index < -0.39 is 0 Å². The Morgan fingerprint density at radius 2 is 2.40 bits per heavy atom. The third kappa shape index (κ3) is 4.14. The molecule has 0 aliphatic rings. The van der Waals surface area contributed by atoms with Crippen LogP contribution in [0.1, 0.15) is 0 Å². The van der Waals surface area contributed by atoms with E-state index in [-0.39, 0.29) is 0 Å². The number of hydrogen-bond donors (Lipinski definition) is 0. The van der Waals surface area contributed by atoms with Crippen molar-refractivity contribution in [3.63, 3.8) is 0 Å². The van der Waals surface area contributed by atoms with Crippen LogP contribution in [-0.2, 0) is 0 Å². The summed E-state index contributed by atoms with van der Waals surface area (Å²) in [6.07, 6.45) is 1.49. The van der Waals surface area contributed by atoms with Crippen molar-refractivity contribution in [2.45, 2.75) is 0 Å². The molecule has 0 rings (SSSR count). The molecule has 0 N–H and O–H groups in total. The lowest BCUT2D eigenvalue weighted by molar-refractivity contribution is 1.65. The predicted molar refractivity (Wildman–Crippen MR) is 32.7 cm³/mol. The van der Waals surface area contributed by atoms with Gasteiger partial charge in [0.1, 0.15) is 0 Å². The number of nitrogens with zero attached hydrogens (tertiary/aromatic N) is 1. The van der Waals surface area contributed by atoms with E-state index in [9.17, 15) is 0 Å². The highest BCUT2D eigenvalue weighted by atomic mass is 127. The fourth-order valence-corrected chi connectivity index (χ4v) is 0.267. The molecule has 0 aromatic carbocycles. The van der Waals surface area contributed by atoms with Crippen molar-refractivity contribution in [3.8, 4) is 0 Å². The van der Waals surface area contributed by atoms with E-state index in [0.717, 1.165) is 0 Å². The highest BCUT2D eigenvalue weighted by molar-refractivity contribution is 14.1. The van der Waals surface area contributed by atoms with Gasteiger partial charge in [0.05, 0.1) is 4.22 Å². The zero-order valence-corrected chi connectivity index (χ0v) is 4.84. The molecule has 2 heteroatoms. The van der Waals surface area contributed by atoms with Gasteiger partial charge in [-0.1, -0.05) is 6.58 Å². The molecule has 0 bridgehead atoms. The van der Waals surface area contributed by atoms with Gasteiger partial charge < -0.3 is 0 Å². The second-order valence-corrected chi connectivity index (χ2v) is 0.986. The maximum absolute atomic E-state index is 3.60. The highest BCUT2D eigenvalue weighted by Gasteiger charge is 1.42. The predicted octanol–water partition coefficient (Wildman–Crippen LogP) is 1.59. The van der Waals surface area contributed by atoms with Crippen LogP contribution < -0.4 is 0 Å². The van der Waals surface area contributed by atoms with Crippen LogP contribution in [-0.4, -0.2) is 4.22 Å². The lowest BCUT2D eigenvalue weighted by Gasteiger charge is -1.57. The Labute approximate surface area is 44.9 Å². The van der Waals surface area contributed by atoms with Crippen LogP contribution in [0.2, 0.25) is 0 Å². The van der Waals surface area contributed by atoms with Crippen LogP contribution in [0, 0.1) is 0 Å². The van der Waals surface area contributed by atoms with Gasteiger partial charge in [-0.05, 0) is 22.6 Å². The molecule has 0 aromatic heterocycles. The Hall–Kier alpha value is 0.140. The second-order valence-electron chi connectivity index (χ2n) is 0.429. The topological polar surface area (TPSA) is 12.4 Å². The van der Waals surface area contributed by atoms with Crippen LogP contribution in [0.4, 0.5) is 0 Å². The van der Waals surface area contributed by atoms with Crippen LogP contribution in [0.15, 0.2) is 17.8 Å². The van der Waals surface area contributed by atoms with Crippen LogP contribution >= 0.6 is 22.6 Å². The summed E-state index contributed by atoms with van der Waals surface area (Å²) in [5.74, 6) is 0. The second kappa shape index (κ2) is 4.14. The van der Waals surface area contributed by atoms with Gasteiger partial charge in [-0.3, -0.25) is 4.99 Å². The Morgan fingerprint density at radius 3 is 2.40 bits per heavy atom. The molecule has 0 fully saturated rings. The minimum absolute atomic E-state index is 1.49. The van der Waals surface area contributed by atoms with Gasteiger partial charge in [0.25, 0.3) is 0 Å². The highest BCUT2D eigenvalue weighted by Crippen LogP contribution is 1.69. The summed E-state index contributed by atoms with van der Waals surface area (Å²) >= 11 is 2.02. The average molecular weight is 181 g/mol. The quantitative estimate of drug-likeness (QED) is 0.430. The molecule has 28 valence electrons. The minimum Gasteiger partial charge on any atom is -0.259 e. The summed E-state index contributed by atoms with van der Waals surface area (Å²) < 4.78 is 1.66. The molecular weight excluding hydrogens is 177 g/mol. The van der Waals surface area contributed by atoms with Crippen molar-refractivity contribution >= 4 is 26.8 Å². The van der Waals surface area contributed by atoms with E-state index in [4.69, 9.17) is 0 Å². The summed E-state index contributed by atoms with van der Waals surface area (Å²) in [6.45, 7) is 3.35. The monoisotopic (exact) mass is 181 g/mol. The minimum atomic E-state index is 1.49. The SMILES string of the molecule is C=CN=CI. The Balaban J connectivity index is 2.92. The zero-order chi connectivity index (χ0) is 4.12. The van der Waals surface area contributed by atoms with E-state index in [1.807, 2.05) is 22.6 Å². The molecule has 0 amide bonds. The molecule has 0 aliphatic heterocycles. The molecule has 0 radical (unpaired) electrons. The normalized spacial score (nSPS) is 9.00. The van der Waals surface area contributed by atoms with Gasteiger partial charge in [0, 0.05) is 6.20 Å². The Kier molecular flexibility index (Phi) is 4.26. The lowest BCUT2D eigenvalue weighted by atomic mass is 11.1. The van der Waals surface area contributed by atoms with E-state index in [1.54, 1.807) is 4.22 Å². The third-order valence-corrected chi connectivity index (χ3v) is 0.483. The van der Waals surface area contributed by atoms with Gasteiger partial charge in [0.15, 0.2) is 0 Å². The molecule has 5 heavy (non-hydrogen) atoms. The maximum Gasteiger partial charge on any atom is 0.0650 e. The molecular formula is C3H4IN. The largest absolute Gasteiger partial charge is 0.259 e. The molecule has 0 unspecified atom stereocenters. The van der Waals surface area contributed by atoms with E-state index >= 15 is 0 Å². The standard InChI is InChI=1S/C3H4IN/c1-2-5-3-4/h2-3H,1H2. The zero-order valence-electron chi connectivity index (χ0n) is 2.69. The fraction of sp³-hybridized carbons (Fsp3) is 0. The third-order valence-electron chi connectivity index (χ3n) is 0.162. The number of hydrogen-bond acceptors (Lipinski definition) is 1. The maximum atomic E-state index is 3.60.